The van der Waals surface area contributed by atoms with Gasteiger partial charge in [-0.05, 0) is 56.9 Å². The number of esters is 1. The van der Waals surface area contributed by atoms with Gasteiger partial charge in [0, 0.05) is 12.5 Å². The Bertz CT molecular complexity index is 771. The summed E-state index contributed by atoms with van der Waals surface area (Å²) in [6.45, 7) is 4.48. The first kappa shape index (κ1) is 22.6. The fourth-order valence-electron chi connectivity index (χ4n) is 2.88. The van der Waals surface area contributed by atoms with E-state index in [9.17, 15) is 9.59 Å². The summed E-state index contributed by atoms with van der Waals surface area (Å²) in [4.78, 5) is 24.5. The van der Waals surface area contributed by atoms with Crippen molar-refractivity contribution in [3.63, 3.8) is 0 Å². The Morgan fingerprint density at radius 1 is 1.10 bits per heavy atom. The van der Waals surface area contributed by atoms with Crippen LogP contribution in [0.5, 0.6) is 5.75 Å². The number of benzene rings is 1. The second kappa shape index (κ2) is 12.0. The molecule has 1 heterocycles. The highest BCUT2D eigenvalue weighted by atomic mass is 16.6. The highest BCUT2D eigenvalue weighted by Crippen LogP contribution is 2.14. The van der Waals surface area contributed by atoms with Crippen LogP contribution < -0.4 is 4.74 Å². The van der Waals surface area contributed by atoms with E-state index >= 15 is 0 Å². The van der Waals surface area contributed by atoms with Crippen LogP contribution in [0, 0.1) is 0 Å². The molecular formula is C24H30O5. The van der Waals surface area contributed by atoms with Gasteiger partial charge < -0.3 is 14.2 Å². The van der Waals surface area contributed by atoms with Gasteiger partial charge in [-0.25, -0.2) is 4.79 Å². The molecule has 2 rings (SSSR count). The molecule has 0 unspecified atom stereocenters. The van der Waals surface area contributed by atoms with E-state index in [2.05, 4.69) is 13.0 Å². The first-order chi connectivity index (χ1) is 14.0. The van der Waals surface area contributed by atoms with Crippen molar-refractivity contribution < 1.29 is 23.8 Å². The number of hydrogen-bond donors (Lipinski definition) is 0. The molecule has 156 valence electrons. The predicted molar refractivity (Wildman–Crippen MR) is 113 cm³/mol. The van der Waals surface area contributed by atoms with Crippen LogP contribution in [0.3, 0.4) is 0 Å². The van der Waals surface area contributed by atoms with E-state index in [4.69, 9.17) is 14.2 Å². The second-order valence-electron chi connectivity index (χ2n) is 7.28. The molecule has 0 saturated heterocycles. The summed E-state index contributed by atoms with van der Waals surface area (Å²) in [5, 5.41) is 0. The molecule has 29 heavy (non-hydrogen) atoms. The lowest BCUT2D eigenvalue weighted by Gasteiger charge is -2.17. The first-order valence-electron chi connectivity index (χ1n) is 9.89. The lowest BCUT2D eigenvalue weighted by Crippen LogP contribution is -2.25. The molecule has 0 N–H and O–H groups in total. The van der Waals surface area contributed by atoms with E-state index in [-0.39, 0.29) is 18.8 Å². The Labute approximate surface area is 173 Å². The number of ketones is 1. The zero-order valence-corrected chi connectivity index (χ0v) is 17.5. The molecule has 0 fully saturated rings. The minimum absolute atomic E-state index is 0.0739. The number of rotatable bonds is 5. The number of carbonyl (C=O) groups is 2. The molecule has 0 spiro atoms. The fraction of sp³-hybridized carbons (Fsp3) is 0.417. The molecule has 5 heteroatoms. The quantitative estimate of drug-likeness (QED) is 0.531. The van der Waals surface area contributed by atoms with Crippen LogP contribution in [-0.4, -0.2) is 31.6 Å². The summed E-state index contributed by atoms with van der Waals surface area (Å²) in [6, 6.07) is 7.54. The molecule has 0 saturated carbocycles. The van der Waals surface area contributed by atoms with E-state index in [0.29, 0.717) is 13.0 Å². The first-order valence-corrected chi connectivity index (χ1v) is 9.89. The molecule has 5 nitrogen and oxygen atoms in total. The van der Waals surface area contributed by atoms with Crippen LogP contribution in [0.2, 0.25) is 0 Å². The van der Waals surface area contributed by atoms with Crippen molar-refractivity contribution in [2.45, 2.75) is 52.2 Å². The Kier molecular flexibility index (Phi) is 9.38. The van der Waals surface area contributed by atoms with Gasteiger partial charge in [0.1, 0.15) is 11.9 Å². The minimum atomic E-state index is -0.623. The van der Waals surface area contributed by atoms with Crippen molar-refractivity contribution >= 4 is 11.8 Å². The smallest absolute Gasteiger partial charge is 0.331 e. The number of cyclic esters (lactones) is 1. The standard InChI is InChI=1S/C24H30O5/c1-18-6-4-5-7-21(25)15-23(29-24(26)14-19(2)9-8-18)17-28-16-20-10-12-22(27-3)13-11-20/h5,7-8,10-14,23H,4,6,9,15-17H2,1-3H3/b7-5+,18-8-,19-14-/t23-/m0/s1. The predicted octanol–water partition coefficient (Wildman–Crippen LogP) is 4.72. The summed E-state index contributed by atoms with van der Waals surface area (Å²) in [6.07, 6.45) is 8.96. The van der Waals surface area contributed by atoms with Crippen LogP contribution >= 0.6 is 0 Å². The lowest BCUT2D eigenvalue weighted by molar-refractivity contribution is -0.147. The molecule has 1 aliphatic heterocycles. The fourth-order valence-corrected chi connectivity index (χ4v) is 2.88. The van der Waals surface area contributed by atoms with Crippen LogP contribution in [0.25, 0.3) is 0 Å². The van der Waals surface area contributed by atoms with Gasteiger partial charge in [0.25, 0.3) is 0 Å². The Morgan fingerprint density at radius 3 is 2.59 bits per heavy atom. The number of methoxy groups -OCH3 is 1. The third-order valence-corrected chi connectivity index (χ3v) is 4.59. The summed E-state index contributed by atoms with van der Waals surface area (Å²) in [7, 11) is 1.62. The van der Waals surface area contributed by atoms with Gasteiger partial charge in [-0.15, -0.1) is 0 Å². The van der Waals surface area contributed by atoms with Gasteiger partial charge in [0.15, 0.2) is 5.78 Å². The molecule has 0 bridgehead atoms. The second-order valence-corrected chi connectivity index (χ2v) is 7.28. The average Bonchev–Trinajstić information content (AvgIpc) is 2.69. The molecular weight excluding hydrogens is 368 g/mol. The third-order valence-electron chi connectivity index (χ3n) is 4.59. The van der Waals surface area contributed by atoms with Crippen LogP contribution in [0.15, 0.2) is 59.7 Å². The molecule has 1 aromatic carbocycles. The van der Waals surface area contributed by atoms with Crippen molar-refractivity contribution in [3.05, 3.63) is 65.3 Å². The summed E-state index contributed by atoms with van der Waals surface area (Å²) in [5.41, 5.74) is 3.14. The highest BCUT2D eigenvalue weighted by molar-refractivity contribution is 5.90. The number of allylic oxidation sites excluding steroid dienone is 5. The average molecular weight is 398 g/mol. The van der Waals surface area contributed by atoms with Crippen molar-refractivity contribution in [2.75, 3.05) is 13.7 Å². The van der Waals surface area contributed by atoms with Crippen molar-refractivity contribution in [1.29, 1.82) is 0 Å². The van der Waals surface area contributed by atoms with Crippen LogP contribution in [-0.2, 0) is 25.7 Å². The normalized spacial score (nSPS) is 23.8. The van der Waals surface area contributed by atoms with Crippen molar-refractivity contribution in [3.8, 4) is 5.75 Å². The number of carbonyl (C=O) groups excluding carboxylic acids is 2. The summed E-state index contributed by atoms with van der Waals surface area (Å²) in [5.74, 6) is 0.258. The van der Waals surface area contributed by atoms with Gasteiger partial charge in [0.2, 0.25) is 0 Å². The Morgan fingerprint density at radius 2 is 1.86 bits per heavy atom. The summed E-state index contributed by atoms with van der Waals surface area (Å²) >= 11 is 0. The van der Waals surface area contributed by atoms with E-state index < -0.39 is 12.1 Å². The molecule has 1 aromatic rings. The minimum Gasteiger partial charge on any atom is -0.497 e. The number of ether oxygens (including phenoxy) is 3. The van der Waals surface area contributed by atoms with Gasteiger partial charge in [-0.1, -0.05) is 35.4 Å². The summed E-state index contributed by atoms with van der Waals surface area (Å²) < 4.78 is 16.4. The van der Waals surface area contributed by atoms with E-state index in [1.807, 2.05) is 37.3 Å². The maximum atomic E-state index is 12.2. The zero-order valence-electron chi connectivity index (χ0n) is 17.5. The molecule has 0 aromatic heterocycles. The van der Waals surface area contributed by atoms with Crippen LogP contribution in [0.1, 0.15) is 45.1 Å². The van der Waals surface area contributed by atoms with Crippen molar-refractivity contribution in [1.82, 2.24) is 0 Å². The van der Waals surface area contributed by atoms with E-state index in [0.717, 1.165) is 29.7 Å². The van der Waals surface area contributed by atoms with Gasteiger partial charge in [0.05, 0.1) is 20.3 Å². The molecule has 0 aliphatic carbocycles. The van der Waals surface area contributed by atoms with Gasteiger partial charge >= 0.3 is 5.97 Å². The maximum absolute atomic E-state index is 12.2. The van der Waals surface area contributed by atoms with Crippen molar-refractivity contribution in [2.24, 2.45) is 0 Å². The molecule has 1 aliphatic rings. The van der Waals surface area contributed by atoms with Crippen LogP contribution in [0.4, 0.5) is 0 Å². The topological polar surface area (TPSA) is 61.8 Å². The monoisotopic (exact) mass is 398 g/mol. The molecule has 0 amide bonds. The molecule has 1 atom stereocenters. The zero-order chi connectivity index (χ0) is 21.1. The maximum Gasteiger partial charge on any atom is 0.331 e. The SMILES string of the molecule is COc1ccc(COC[C@@H]2CC(=O)/C=C/CC/C(C)=C\C/C(C)=C\C(=O)O2)cc1. The largest absolute Gasteiger partial charge is 0.497 e. The Hall–Kier alpha value is -2.66. The number of hydrogen-bond acceptors (Lipinski definition) is 5. The highest BCUT2D eigenvalue weighted by Gasteiger charge is 2.17. The van der Waals surface area contributed by atoms with Gasteiger partial charge in [-0.3, -0.25) is 4.79 Å². The lowest BCUT2D eigenvalue weighted by atomic mass is 10.1. The molecule has 0 radical (unpaired) electrons. The Balaban J connectivity index is 2.00. The third kappa shape index (κ3) is 8.92. The van der Waals surface area contributed by atoms with Gasteiger partial charge in [-0.2, -0.15) is 0 Å². The van der Waals surface area contributed by atoms with E-state index in [1.54, 1.807) is 13.2 Å². The van der Waals surface area contributed by atoms with E-state index in [1.165, 1.54) is 11.6 Å².